The van der Waals surface area contributed by atoms with Gasteiger partial charge in [-0.3, -0.25) is 0 Å². The maximum atomic E-state index is 12.7. The minimum Gasteiger partial charge on any atom is -0.493 e. The van der Waals surface area contributed by atoms with Crippen molar-refractivity contribution in [3.8, 4) is 23.0 Å². The van der Waals surface area contributed by atoms with Gasteiger partial charge in [-0.05, 0) is 49.2 Å². The molecule has 1 fully saturated rings. The van der Waals surface area contributed by atoms with Crippen LogP contribution in [0.25, 0.3) is 0 Å². The summed E-state index contributed by atoms with van der Waals surface area (Å²) in [6, 6.07) is 10.2. The van der Waals surface area contributed by atoms with Crippen molar-refractivity contribution in [1.29, 1.82) is 0 Å². The zero-order valence-corrected chi connectivity index (χ0v) is 17.0. The number of nitrogens with zero attached hydrogens (tertiary/aromatic N) is 1. The Hall–Kier alpha value is -2.80. The summed E-state index contributed by atoms with van der Waals surface area (Å²) in [7, 11) is 4.58. The van der Waals surface area contributed by atoms with Crippen LogP contribution in [0.15, 0.2) is 36.4 Å². The molecule has 1 aliphatic rings. The maximum Gasteiger partial charge on any atom is 0.343 e. The average Bonchev–Trinajstić information content (AvgIpc) is 3.27. The molecule has 148 valence electrons. The van der Waals surface area contributed by atoms with Crippen LogP contribution in [0.4, 0.5) is 0 Å². The van der Waals surface area contributed by atoms with Gasteiger partial charge < -0.3 is 23.8 Å². The Balaban J connectivity index is 1.85. The predicted octanol–water partition coefficient (Wildman–Crippen LogP) is 3.70. The van der Waals surface area contributed by atoms with Crippen LogP contribution in [-0.2, 0) is 0 Å². The molecule has 6 nitrogen and oxygen atoms in total. The largest absolute Gasteiger partial charge is 0.493 e. The van der Waals surface area contributed by atoms with Crippen LogP contribution in [0.5, 0.6) is 23.0 Å². The molecule has 0 aliphatic carbocycles. The van der Waals surface area contributed by atoms with E-state index in [1.54, 1.807) is 30.3 Å². The number of hydrogen-bond donors (Lipinski definition) is 0. The fourth-order valence-corrected chi connectivity index (χ4v) is 3.42. The molecule has 0 N–H and O–H groups in total. The zero-order chi connectivity index (χ0) is 20.1. The van der Waals surface area contributed by atoms with Crippen molar-refractivity contribution in [1.82, 2.24) is 4.90 Å². The summed E-state index contributed by atoms with van der Waals surface area (Å²) in [6.45, 7) is 1.90. The summed E-state index contributed by atoms with van der Waals surface area (Å²) in [5, 5.41) is 0. The topological polar surface area (TPSA) is 57.2 Å². The van der Waals surface area contributed by atoms with E-state index in [-0.39, 0.29) is 0 Å². The molecule has 2 aromatic carbocycles. The predicted molar refractivity (Wildman–Crippen MR) is 110 cm³/mol. The van der Waals surface area contributed by atoms with Crippen LogP contribution in [0.2, 0.25) is 0 Å². The van der Waals surface area contributed by atoms with Crippen LogP contribution in [0, 0.1) is 0 Å². The second kappa shape index (κ2) is 8.93. The molecule has 0 unspecified atom stereocenters. The van der Waals surface area contributed by atoms with Gasteiger partial charge in [-0.2, -0.15) is 0 Å². The minimum absolute atomic E-state index is 0.321. The Labute approximate surface area is 170 Å². The van der Waals surface area contributed by atoms with Crippen LogP contribution in [0.3, 0.4) is 0 Å². The Kier molecular flexibility index (Phi) is 6.36. The second-order valence-electron chi connectivity index (χ2n) is 6.32. The fourth-order valence-electron chi connectivity index (χ4n) is 3.11. The van der Waals surface area contributed by atoms with Crippen molar-refractivity contribution in [2.24, 2.45) is 0 Å². The zero-order valence-electron chi connectivity index (χ0n) is 16.2. The highest BCUT2D eigenvalue weighted by atomic mass is 32.1. The van der Waals surface area contributed by atoms with Gasteiger partial charge >= 0.3 is 5.97 Å². The molecule has 3 rings (SSSR count). The number of methoxy groups -OCH3 is 3. The van der Waals surface area contributed by atoms with Crippen LogP contribution in [-0.4, -0.2) is 50.3 Å². The van der Waals surface area contributed by atoms with Crippen LogP contribution >= 0.6 is 12.2 Å². The smallest absolute Gasteiger partial charge is 0.343 e. The van der Waals surface area contributed by atoms with Gasteiger partial charge in [0.05, 0.1) is 26.9 Å². The number of ether oxygens (including phenoxy) is 4. The molecule has 0 saturated carbocycles. The van der Waals surface area contributed by atoms with E-state index in [1.165, 1.54) is 21.3 Å². The SMILES string of the molecule is COc1ccc(C(=O)Oc2cc(C(=S)N3CCCC3)ccc2OC)cc1OC. The van der Waals surface area contributed by atoms with Gasteiger partial charge in [-0.25, -0.2) is 4.79 Å². The fraction of sp³-hybridized carbons (Fsp3) is 0.333. The van der Waals surface area contributed by atoms with Crippen molar-refractivity contribution in [2.45, 2.75) is 12.8 Å². The number of esters is 1. The van der Waals surface area contributed by atoms with Crippen molar-refractivity contribution >= 4 is 23.2 Å². The van der Waals surface area contributed by atoms with Gasteiger partial charge in [0.1, 0.15) is 4.99 Å². The lowest BCUT2D eigenvalue weighted by atomic mass is 10.1. The Bertz CT molecular complexity index is 877. The van der Waals surface area contributed by atoms with E-state index in [1.807, 2.05) is 6.07 Å². The standard InChI is InChI=1S/C21H23NO5S/c1-24-16-9-7-15(13-18(16)26-3)21(23)27-19-12-14(6-8-17(19)25-2)20(28)22-10-4-5-11-22/h6-9,12-13H,4-5,10-11H2,1-3H3. The van der Waals surface area contributed by atoms with Gasteiger partial charge in [0, 0.05) is 18.7 Å². The molecule has 0 atom stereocenters. The first-order chi connectivity index (χ1) is 13.6. The molecule has 1 saturated heterocycles. The lowest BCUT2D eigenvalue weighted by Gasteiger charge is -2.19. The van der Waals surface area contributed by atoms with Gasteiger partial charge in [-0.15, -0.1) is 0 Å². The molecule has 1 aliphatic heterocycles. The third-order valence-corrected chi connectivity index (χ3v) is 5.12. The van der Waals surface area contributed by atoms with E-state index in [0.717, 1.165) is 36.5 Å². The molecule has 0 radical (unpaired) electrons. The lowest BCUT2D eigenvalue weighted by molar-refractivity contribution is 0.0729. The van der Waals surface area contributed by atoms with E-state index >= 15 is 0 Å². The molecular formula is C21H23NO5S. The first-order valence-corrected chi connectivity index (χ1v) is 9.39. The molecule has 1 heterocycles. The molecule has 0 spiro atoms. The van der Waals surface area contributed by atoms with Gasteiger partial charge in [0.25, 0.3) is 0 Å². The highest BCUT2D eigenvalue weighted by molar-refractivity contribution is 7.80. The number of carbonyl (C=O) groups excluding carboxylic acids is 1. The number of likely N-dealkylation sites (tertiary alicyclic amines) is 1. The summed E-state index contributed by atoms with van der Waals surface area (Å²) >= 11 is 5.60. The van der Waals surface area contributed by atoms with E-state index in [9.17, 15) is 4.79 Å². The quantitative estimate of drug-likeness (QED) is 0.416. The number of thiocarbonyl (C=S) groups is 1. The first-order valence-electron chi connectivity index (χ1n) is 8.99. The van der Waals surface area contributed by atoms with E-state index in [2.05, 4.69) is 4.90 Å². The van der Waals surface area contributed by atoms with Crippen molar-refractivity contribution in [3.05, 3.63) is 47.5 Å². The maximum absolute atomic E-state index is 12.7. The third kappa shape index (κ3) is 4.20. The van der Waals surface area contributed by atoms with Crippen molar-refractivity contribution in [2.75, 3.05) is 34.4 Å². The molecular weight excluding hydrogens is 378 g/mol. The molecule has 28 heavy (non-hydrogen) atoms. The third-order valence-electron chi connectivity index (χ3n) is 4.63. The summed E-state index contributed by atoms with van der Waals surface area (Å²) in [4.78, 5) is 15.6. The normalized spacial score (nSPS) is 13.2. The molecule has 0 bridgehead atoms. The average molecular weight is 401 g/mol. The highest BCUT2D eigenvalue weighted by Gasteiger charge is 2.20. The Morgan fingerprint density at radius 1 is 0.821 bits per heavy atom. The van der Waals surface area contributed by atoms with Crippen LogP contribution < -0.4 is 18.9 Å². The van der Waals surface area contributed by atoms with Gasteiger partial charge in [-0.1, -0.05) is 12.2 Å². The van der Waals surface area contributed by atoms with E-state index in [4.69, 9.17) is 31.2 Å². The van der Waals surface area contributed by atoms with E-state index in [0.29, 0.717) is 28.6 Å². The molecule has 7 heteroatoms. The van der Waals surface area contributed by atoms with Crippen molar-refractivity contribution in [3.63, 3.8) is 0 Å². The van der Waals surface area contributed by atoms with Gasteiger partial charge in [0.15, 0.2) is 23.0 Å². The first kappa shape index (κ1) is 19.9. The number of carbonyl (C=O) groups is 1. The molecule has 0 aromatic heterocycles. The molecule has 0 amide bonds. The summed E-state index contributed by atoms with van der Waals surface area (Å²) in [5.74, 6) is 1.24. The number of hydrogen-bond acceptors (Lipinski definition) is 6. The van der Waals surface area contributed by atoms with Crippen LogP contribution in [0.1, 0.15) is 28.8 Å². The number of rotatable bonds is 6. The van der Waals surface area contributed by atoms with Gasteiger partial charge in [0.2, 0.25) is 0 Å². The second-order valence-corrected chi connectivity index (χ2v) is 6.71. The summed E-state index contributed by atoms with van der Waals surface area (Å²) < 4.78 is 21.4. The number of benzene rings is 2. The highest BCUT2D eigenvalue weighted by Crippen LogP contribution is 2.32. The molecule has 2 aromatic rings. The van der Waals surface area contributed by atoms with E-state index < -0.39 is 5.97 Å². The van der Waals surface area contributed by atoms with Crippen molar-refractivity contribution < 1.29 is 23.7 Å². The summed E-state index contributed by atoms with van der Waals surface area (Å²) in [5.41, 5.74) is 1.17. The Morgan fingerprint density at radius 2 is 1.36 bits per heavy atom. The Morgan fingerprint density at radius 3 is 1.96 bits per heavy atom. The lowest BCUT2D eigenvalue weighted by Crippen LogP contribution is -2.26. The monoisotopic (exact) mass is 401 g/mol. The minimum atomic E-state index is -0.525. The summed E-state index contributed by atoms with van der Waals surface area (Å²) in [6.07, 6.45) is 2.27.